The molecule has 0 spiro atoms. The molecule has 2 aromatic carbocycles. The van der Waals surface area contributed by atoms with E-state index in [-0.39, 0.29) is 81.2 Å². The quantitative estimate of drug-likeness (QED) is 0.225. The van der Waals surface area contributed by atoms with E-state index in [4.69, 9.17) is 4.74 Å². The Labute approximate surface area is 297 Å². The van der Waals surface area contributed by atoms with Gasteiger partial charge in [-0.1, -0.05) is 6.07 Å². The van der Waals surface area contributed by atoms with E-state index < -0.39 is 63.4 Å². The van der Waals surface area contributed by atoms with Gasteiger partial charge in [-0.25, -0.2) is 22.4 Å². The largest absolute Gasteiger partial charge is 0.446 e. The number of amides is 4. The Morgan fingerprint density at radius 1 is 0.885 bits per heavy atom. The Hall–Kier alpha value is -4.09. The van der Waals surface area contributed by atoms with Crippen molar-refractivity contribution in [3.05, 3.63) is 70.0 Å². The Bertz CT molecular complexity index is 1680. The fraction of sp³-hybridized carbons (Fsp3) is 0.559. The highest BCUT2D eigenvalue weighted by atomic mass is 32.2. The molecule has 52 heavy (non-hydrogen) atoms. The lowest BCUT2D eigenvalue weighted by Crippen LogP contribution is -2.49. The number of benzene rings is 2. The number of rotatable bonds is 10. The van der Waals surface area contributed by atoms with Crippen LogP contribution in [-0.4, -0.2) is 87.1 Å². The number of halogens is 7. The number of carbonyl (C=O) groups excluding carboxylic acids is 3. The van der Waals surface area contributed by atoms with Gasteiger partial charge in [-0.15, -0.1) is 0 Å². The molecule has 10 nitrogen and oxygen atoms in total. The molecule has 2 aliphatic heterocycles. The van der Waals surface area contributed by atoms with Crippen molar-refractivity contribution in [2.45, 2.75) is 69.9 Å². The van der Waals surface area contributed by atoms with Gasteiger partial charge in [0.1, 0.15) is 21.8 Å². The van der Waals surface area contributed by atoms with Gasteiger partial charge in [-0.3, -0.25) is 4.79 Å². The van der Waals surface area contributed by atoms with Crippen LogP contribution in [-0.2, 0) is 38.1 Å². The average Bonchev–Trinajstić information content (AvgIpc) is 3.05. The van der Waals surface area contributed by atoms with Crippen LogP contribution in [0.2, 0.25) is 0 Å². The molecule has 18 heteroatoms. The predicted octanol–water partition coefficient (Wildman–Crippen LogP) is 6.03. The van der Waals surface area contributed by atoms with Gasteiger partial charge in [0.25, 0.3) is 0 Å². The zero-order chi connectivity index (χ0) is 38.4. The summed E-state index contributed by atoms with van der Waals surface area (Å²) in [6, 6.07) is 3.86. The smallest absolute Gasteiger partial charge is 0.416 e. The Morgan fingerprint density at radius 3 is 2.10 bits per heavy atom. The number of urea groups is 1. The normalized spacial score (nSPS) is 18.9. The number of ether oxygens (including phenoxy) is 1. The minimum Gasteiger partial charge on any atom is -0.446 e. The Morgan fingerprint density at radius 2 is 1.52 bits per heavy atom. The molecule has 0 aromatic heterocycles. The Kier molecular flexibility index (Phi) is 13.1. The molecular weight excluding hydrogens is 725 g/mol. The monoisotopic (exact) mass is 766 g/mol. The molecule has 0 unspecified atom stereocenters. The van der Waals surface area contributed by atoms with Gasteiger partial charge in [0.2, 0.25) is 5.91 Å². The number of likely N-dealkylation sites (tertiary alicyclic amines) is 2. The highest BCUT2D eigenvalue weighted by Gasteiger charge is 2.38. The summed E-state index contributed by atoms with van der Waals surface area (Å²) in [6.45, 7) is 2.14. The first kappa shape index (κ1) is 40.7. The molecule has 288 valence electrons. The van der Waals surface area contributed by atoms with Crippen molar-refractivity contribution in [3.8, 4) is 0 Å². The molecule has 2 fully saturated rings. The lowest BCUT2D eigenvalue weighted by molar-refractivity contribution is -0.143. The number of piperidine rings is 2. The van der Waals surface area contributed by atoms with Gasteiger partial charge < -0.3 is 25.2 Å². The molecule has 4 amide bonds. The number of aryl methyl sites for hydroxylation is 1. The molecule has 2 aromatic rings. The molecule has 2 N–H and O–H groups in total. The SMILES string of the molecule is Cc1cc(F)ccc1[C@H]1C[C@@H](OC(=O)N2CCC(C(=O)NCCCS(C)(=O)=O)CC2)CCN1C(=O)NCCc1cc(C(F)(F)F)cc(C(F)(F)F)c1. The van der Waals surface area contributed by atoms with Crippen LogP contribution in [0.5, 0.6) is 0 Å². The summed E-state index contributed by atoms with van der Waals surface area (Å²) in [7, 11) is -3.14. The third-order valence-electron chi connectivity index (χ3n) is 9.13. The minimum absolute atomic E-state index is 0.0322. The molecule has 0 bridgehead atoms. The lowest BCUT2D eigenvalue weighted by Gasteiger charge is -2.40. The van der Waals surface area contributed by atoms with Crippen molar-refractivity contribution < 1.29 is 58.3 Å². The summed E-state index contributed by atoms with van der Waals surface area (Å²) in [6.07, 6.45) is -9.11. The van der Waals surface area contributed by atoms with E-state index in [1.54, 1.807) is 6.92 Å². The van der Waals surface area contributed by atoms with Crippen LogP contribution >= 0.6 is 0 Å². The molecule has 2 heterocycles. The molecule has 2 aliphatic rings. The molecular formula is C34H41F7N4O6S. The maximum Gasteiger partial charge on any atom is 0.416 e. The predicted molar refractivity (Wildman–Crippen MR) is 175 cm³/mol. The van der Waals surface area contributed by atoms with Crippen LogP contribution in [0.4, 0.5) is 40.3 Å². The van der Waals surface area contributed by atoms with Gasteiger partial charge in [-0.05, 0) is 79.6 Å². The second-order valence-corrected chi connectivity index (χ2v) is 15.4. The van der Waals surface area contributed by atoms with Crippen LogP contribution < -0.4 is 10.6 Å². The standard InChI is InChI=1S/C34H41F7N4O6S/c1-21-16-26(35)4-5-28(21)29-20-27(51-32(48)44-12-7-23(8-13-44)30(46)42-10-3-15-52(2,49)50)9-14-45(29)31(47)43-11-6-22-17-24(33(36,37)38)19-25(18-22)34(39,40)41/h4-5,16-19,23,27,29H,3,6-15,20H2,1-2H3,(H,42,46)(H,43,47)/t27-,29+/m0/s1. The second-order valence-electron chi connectivity index (χ2n) is 13.2. The number of sulfone groups is 1. The van der Waals surface area contributed by atoms with Crippen molar-refractivity contribution in [1.82, 2.24) is 20.4 Å². The van der Waals surface area contributed by atoms with E-state index in [2.05, 4.69) is 10.6 Å². The van der Waals surface area contributed by atoms with Crippen LogP contribution in [0.15, 0.2) is 36.4 Å². The molecule has 0 aliphatic carbocycles. The summed E-state index contributed by atoms with van der Waals surface area (Å²) in [5, 5.41) is 5.30. The third kappa shape index (κ3) is 11.5. The first-order valence-corrected chi connectivity index (χ1v) is 18.8. The number of nitrogens with zero attached hydrogens (tertiary/aromatic N) is 2. The van der Waals surface area contributed by atoms with E-state index in [1.807, 2.05) is 0 Å². The van der Waals surface area contributed by atoms with Crippen molar-refractivity contribution in [2.24, 2.45) is 5.92 Å². The number of hydrogen-bond acceptors (Lipinski definition) is 6. The van der Waals surface area contributed by atoms with Crippen LogP contribution in [0.1, 0.15) is 66.0 Å². The van der Waals surface area contributed by atoms with Crippen molar-refractivity contribution in [2.75, 3.05) is 44.7 Å². The third-order valence-corrected chi connectivity index (χ3v) is 10.2. The van der Waals surface area contributed by atoms with Crippen molar-refractivity contribution in [1.29, 1.82) is 0 Å². The summed E-state index contributed by atoms with van der Waals surface area (Å²) in [5.41, 5.74) is -2.11. The van der Waals surface area contributed by atoms with Crippen molar-refractivity contribution >= 4 is 27.9 Å². The average molecular weight is 767 g/mol. The van der Waals surface area contributed by atoms with E-state index >= 15 is 0 Å². The second kappa shape index (κ2) is 16.7. The number of nitrogens with one attached hydrogen (secondary N) is 2. The van der Waals surface area contributed by atoms with Gasteiger partial charge in [0.05, 0.1) is 22.9 Å². The summed E-state index contributed by atoms with van der Waals surface area (Å²) in [4.78, 5) is 41.9. The molecule has 2 atom stereocenters. The van der Waals surface area contributed by atoms with E-state index in [1.165, 1.54) is 28.0 Å². The molecule has 2 saturated heterocycles. The van der Waals surface area contributed by atoms with Crippen LogP contribution in [0.3, 0.4) is 0 Å². The summed E-state index contributed by atoms with van der Waals surface area (Å²) in [5.74, 6) is -1.12. The first-order chi connectivity index (χ1) is 24.2. The fourth-order valence-corrected chi connectivity index (χ4v) is 7.07. The topological polar surface area (TPSA) is 125 Å². The maximum atomic E-state index is 14.0. The highest BCUT2D eigenvalue weighted by molar-refractivity contribution is 7.90. The number of hydrogen-bond donors (Lipinski definition) is 2. The van der Waals surface area contributed by atoms with Crippen LogP contribution in [0, 0.1) is 18.7 Å². The van der Waals surface area contributed by atoms with Gasteiger partial charge >= 0.3 is 24.5 Å². The van der Waals surface area contributed by atoms with Gasteiger partial charge in [0, 0.05) is 57.7 Å². The van der Waals surface area contributed by atoms with Gasteiger partial charge in [0.15, 0.2) is 0 Å². The maximum absolute atomic E-state index is 14.0. The number of alkyl halides is 6. The minimum atomic E-state index is -5.01. The van der Waals surface area contributed by atoms with Crippen LogP contribution in [0.25, 0.3) is 0 Å². The summed E-state index contributed by atoms with van der Waals surface area (Å²) >= 11 is 0. The zero-order valence-electron chi connectivity index (χ0n) is 28.6. The van der Waals surface area contributed by atoms with Gasteiger partial charge in [-0.2, -0.15) is 26.3 Å². The number of carbonyl (C=O) groups is 3. The molecule has 0 radical (unpaired) electrons. The zero-order valence-corrected chi connectivity index (χ0v) is 29.4. The highest BCUT2D eigenvalue weighted by Crippen LogP contribution is 2.37. The molecule has 4 rings (SSSR count). The van der Waals surface area contributed by atoms with E-state index in [9.17, 15) is 53.5 Å². The fourth-order valence-electron chi connectivity index (χ4n) is 6.40. The summed E-state index contributed by atoms with van der Waals surface area (Å²) < 4.78 is 122. The first-order valence-electron chi connectivity index (χ1n) is 16.7. The lowest BCUT2D eigenvalue weighted by atomic mass is 9.90. The molecule has 0 saturated carbocycles. The van der Waals surface area contributed by atoms with Crippen molar-refractivity contribution in [3.63, 3.8) is 0 Å². The van der Waals surface area contributed by atoms with E-state index in [0.717, 1.165) is 6.26 Å². The van der Waals surface area contributed by atoms with E-state index in [0.29, 0.717) is 42.5 Å². The Balaban J connectivity index is 1.36.